The van der Waals surface area contributed by atoms with Gasteiger partial charge in [0, 0.05) is 14.1 Å². The standard InChI is InChI=1S/C13H19Cl2N3O2/c1-7(2)5-9(12(19)16-3)17-13(20)10-6-8(14)11(15)18(10)4/h6-7,9H,5H2,1-4H3,(H,16,19)(H,17,20)/t9-/m0/s1. The number of likely N-dealkylation sites (N-methyl/N-ethyl adjacent to an activating group) is 1. The minimum absolute atomic E-state index is 0.224. The molecule has 2 amide bonds. The number of nitrogens with zero attached hydrogens (tertiary/aromatic N) is 1. The maximum Gasteiger partial charge on any atom is 0.268 e. The minimum atomic E-state index is -0.583. The van der Waals surface area contributed by atoms with E-state index in [9.17, 15) is 9.59 Å². The SMILES string of the molecule is CNC(=O)[C@H](CC(C)C)NC(=O)c1cc(Cl)c(Cl)n1C. The smallest absolute Gasteiger partial charge is 0.268 e. The highest BCUT2D eigenvalue weighted by molar-refractivity contribution is 6.41. The van der Waals surface area contributed by atoms with E-state index in [0.717, 1.165) is 0 Å². The Morgan fingerprint density at radius 1 is 1.35 bits per heavy atom. The van der Waals surface area contributed by atoms with E-state index in [1.165, 1.54) is 17.7 Å². The molecular formula is C13H19Cl2N3O2. The third kappa shape index (κ3) is 3.90. The Bertz CT molecular complexity index is 512. The van der Waals surface area contributed by atoms with Gasteiger partial charge in [0.25, 0.3) is 5.91 Å². The zero-order valence-corrected chi connectivity index (χ0v) is 13.5. The summed E-state index contributed by atoms with van der Waals surface area (Å²) >= 11 is 11.8. The van der Waals surface area contributed by atoms with Crippen molar-refractivity contribution in [2.45, 2.75) is 26.3 Å². The highest BCUT2D eigenvalue weighted by atomic mass is 35.5. The van der Waals surface area contributed by atoms with Crippen molar-refractivity contribution in [3.05, 3.63) is 21.9 Å². The Morgan fingerprint density at radius 3 is 2.35 bits per heavy atom. The molecule has 0 aromatic carbocycles. The van der Waals surface area contributed by atoms with Gasteiger partial charge in [-0.15, -0.1) is 0 Å². The lowest BCUT2D eigenvalue weighted by atomic mass is 10.0. The second kappa shape index (κ2) is 6.99. The zero-order valence-electron chi connectivity index (χ0n) is 12.0. The van der Waals surface area contributed by atoms with Crippen molar-refractivity contribution in [2.24, 2.45) is 13.0 Å². The average Bonchev–Trinajstić information content (AvgIpc) is 2.64. The fourth-order valence-corrected chi connectivity index (χ4v) is 2.25. The fraction of sp³-hybridized carbons (Fsp3) is 0.538. The molecule has 7 heteroatoms. The first-order valence-electron chi connectivity index (χ1n) is 6.31. The molecule has 1 aromatic heterocycles. The van der Waals surface area contributed by atoms with Gasteiger partial charge in [0.05, 0.1) is 5.02 Å². The van der Waals surface area contributed by atoms with Crippen LogP contribution in [-0.4, -0.2) is 29.5 Å². The molecule has 5 nitrogen and oxygen atoms in total. The first kappa shape index (κ1) is 16.9. The number of nitrogens with one attached hydrogen (secondary N) is 2. The summed E-state index contributed by atoms with van der Waals surface area (Å²) in [4.78, 5) is 24.0. The van der Waals surface area contributed by atoms with Gasteiger partial charge in [-0.1, -0.05) is 37.0 Å². The molecule has 0 aliphatic heterocycles. The normalized spacial score (nSPS) is 12.3. The van der Waals surface area contributed by atoms with E-state index >= 15 is 0 Å². The van der Waals surface area contributed by atoms with Crippen LogP contribution in [0.4, 0.5) is 0 Å². The molecule has 1 rings (SSSR count). The van der Waals surface area contributed by atoms with Crippen LogP contribution >= 0.6 is 23.2 Å². The second-order valence-electron chi connectivity index (χ2n) is 5.00. The van der Waals surface area contributed by atoms with Gasteiger partial charge in [-0.05, 0) is 18.4 Å². The lowest BCUT2D eigenvalue weighted by molar-refractivity contribution is -0.122. The van der Waals surface area contributed by atoms with Crippen LogP contribution in [0, 0.1) is 5.92 Å². The number of carbonyl (C=O) groups is 2. The van der Waals surface area contributed by atoms with Gasteiger partial charge in [-0.25, -0.2) is 0 Å². The van der Waals surface area contributed by atoms with Crippen LogP contribution in [0.1, 0.15) is 30.8 Å². The molecule has 0 unspecified atom stereocenters. The van der Waals surface area contributed by atoms with Crippen LogP contribution in [0.5, 0.6) is 0 Å². The van der Waals surface area contributed by atoms with Crippen molar-refractivity contribution in [1.29, 1.82) is 0 Å². The topological polar surface area (TPSA) is 63.1 Å². The van der Waals surface area contributed by atoms with Crippen LogP contribution in [-0.2, 0) is 11.8 Å². The van der Waals surface area contributed by atoms with E-state index in [1.54, 1.807) is 7.05 Å². The van der Waals surface area contributed by atoms with Gasteiger partial charge in [-0.2, -0.15) is 0 Å². The molecule has 1 heterocycles. The predicted octanol–water partition coefficient (Wildman–Crippen LogP) is 2.22. The molecule has 2 N–H and O–H groups in total. The first-order valence-corrected chi connectivity index (χ1v) is 7.06. The number of hydrogen-bond acceptors (Lipinski definition) is 2. The largest absolute Gasteiger partial charge is 0.357 e. The summed E-state index contributed by atoms with van der Waals surface area (Å²) in [5.41, 5.74) is 0.317. The molecule has 0 saturated carbocycles. The van der Waals surface area contributed by atoms with E-state index in [0.29, 0.717) is 17.1 Å². The van der Waals surface area contributed by atoms with Crippen molar-refractivity contribution < 1.29 is 9.59 Å². The maximum absolute atomic E-state index is 12.2. The molecule has 112 valence electrons. The van der Waals surface area contributed by atoms with Crippen LogP contribution in [0.15, 0.2) is 6.07 Å². The Balaban J connectivity index is 2.90. The van der Waals surface area contributed by atoms with Crippen molar-refractivity contribution >= 4 is 35.0 Å². The Kier molecular flexibility index (Phi) is 5.89. The highest BCUT2D eigenvalue weighted by Crippen LogP contribution is 2.25. The molecule has 0 aliphatic carbocycles. The lowest BCUT2D eigenvalue weighted by Crippen LogP contribution is -2.46. The summed E-state index contributed by atoms with van der Waals surface area (Å²) in [6, 6.07) is 0.898. The zero-order chi connectivity index (χ0) is 15.4. The number of hydrogen-bond donors (Lipinski definition) is 2. The van der Waals surface area contributed by atoms with Crippen molar-refractivity contribution in [3.63, 3.8) is 0 Å². The molecule has 0 saturated heterocycles. The summed E-state index contributed by atoms with van der Waals surface area (Å²) in [5.74, 6) is -0.327. The van der Waals surface area contributed by atoms with Crippen molar-refractivity contribution in [2.75, 3.05) is 7.05 Å². The second-order valence-corrected chi connectivity index (χ2v) is 5.76. The quantitative estimate of drug-likeness (QED) is 0.874. The molecule has 0 bridgehead atoms. The van der Waals surface area contributed by atoms with Gasteiger partial charge in [-0.3, -0.25) is 9.59 Å². The Hall–Kier alpha value is -1.20. The molecule has 0 fully saturated rings. The predicted molar refractivity (Wildman–Crippen MR) is 80.2 cm³/mol. The van der Waals surface area contributed by atoms with E-state index in [2.05, 4.69) is 10.6 Å². The summed E-state index contributed by atoms with van der Waals surface area (Å²) < 4.78 is 1.48. The third-order valence-electron chi connectivity index (χ3n) is 2.92. The minimum Gasteiger partial charge on any atom is -0.357 e. The summed E-state index contributed by atoms with van der Waals surface area (Å²) in [7, 11) is 3.18. The molecule has 1 atom stereocenters. The van der Waals surface area contributed by atoms with E-state index in [1.807, 2.05) is 13.8 Å². The van der Waals surface area contributed by atoms with Crippen molar-refractivity contribution in [1.82, 2.24) is 15.2 Å². The van der Waals surface area contributed by atoms with Gasteiger partial charge in [0.2, 0.25) is 5.91 Å². The van der Waals surface area contributed by atoms with Crippen LogP contribution in [0.2, 0.25) is 10.2 Å². The average molecular weight is 320 g/mol. The summed E-state index contributed by atoms with van der Waals surface area (Å²) in [6.07, 6.45) is 0.553. The fourth-order valence-electron chi connectivity index (χ4n) is 1.87. The molecule has 0 radical (unpaired) electrons. The number of amides is 2. The van der Waals surface area contributed by atoms with Gasteiger partial charge >= 0.3 is 0 Å². The van der Waals surface area contributed by atoms with Crippen LogP contribution < -0.4 is 10.6 Å². The molecule has 0 spiro atoms. The van der Waals surface area contributed by atoms with E-state index < -0.39 is 6.04 Å². The number of carbonyl (C=O) groups excluding carboxylic acids is 2. The summed E-state index contributed by atoms with van der Waals surface area (Å²) in [6.45, 7) is 3.97. The lowest BCUT2D eigenvalue weighted by Gasteiger charge is -2.19. The first-order chi connectivity index (χ1) is 9.27. The third-order valence-corrected chi connectivity index (χ3v) is 3.77. The molecular weight excluding hydrogens is 301 g/mol. The summed E-state index contributed by atoms with van der Waals surface area (Å²) in [5, 5.41) is 5.85. The Morgan fingerprint density at radius 2 is 1.95 bits per heavy atom. The maximum atomic E-state index is 12.2. The molecule has 20 heavy (non-hydrogen) atoms. The number of halogens is 2. The van der Waals surface area contributed by atoms with E-state index in [-0.39, 0.29) is 22.9 Å². The molecule has 0 aliphatic rings. The number of rotatable bonds is 5. The van der Waals surface area contributed by atoms with Crippen LogP contribution in [0.3, 0.4) is 0 Å². The highest BCUT2D eigenvalue weighted by Gasteiger charge is 2.23. The van der Waals surface area contributed by atoms with Gasteiger partial charge in [0.15, 0.2) is 0 Å². The number of aromatic nitrogens is 1. The monoisotopic (exact) mass is 319 g/mol. The van der Waals surface area contributed by atoms with Gasteiger partial charge in [0.1, 0.15) is 16.9 Å². The van der Waals surface area contributed by atoms with Crippen LogP contribution in [0.25, 0.3) is 0 Å². The van der Waals surface area contributed by atoms with Gasteiger partial charge < -0.3 is 15.2 Å². The Labute approximate surface area is 128 Å². The van der Waals surface area contributed by atoms with Crippen molar-refractivity contribution in [3.8, 4) is 0 Å². The molecule has 1 aromatic rings. The van der Waals surface area contributed by atoms with E-state index in [4.69, 9.17) is 23.2 Å².